The van der Waals surface area contributed by atoms with Gasteiger partial charge in [-0.25, -0.2) is 13.4 Å². The Hall–Kier alpha value is -3.20. The Morgan fingerprint density at radius 3 is 2.33 bits per heavy atom. The van der Waals surface area contributed by atoms with Crippen molar-refractivity contribution in [3.8, 4) is 11.4 Å². The van der Waals surface area contributed by atoms with Crippen LogP contribution in [0.25, 0.3) is 16.6 Å². The van der Waals surface area contributed by atoms with Gasteiger partial charge >= 0.3 is 0 Å². The fourth-order valence-electron chi connectivity index (χ4n) is 3.57. The minimum absolute atomic E-state index is 0.158. The highest BCUT2D eigenvalue weighted by Gasteiger charge is 2.30. The Morgan fingerprint density at radius 1 is 1.03 bits per heavy atom. The molecule has 0 aliphatic rings. The van der Waals surface area contributed by atoms with Gasteiger partial charge in [0.05, 0.1) is 34.6 Å². The van der Waals surface area contributed by atoms with Gasteiger partial charge in [0.1, 0.15) is 11.6 Å². The van der Waals surface area contributed by atoms with E-state index < -0.39 is 16.1 Å². The lowest BCUT2D eigenvalue weighted by Crippen LogP contribution is -2.34. The predicted octanol–water partition coefficient (Wildman–Crippen LogP) is 4.43. The first kappa shape index (κ1) is 23.0. The maximum absolute atomic E-state index is 13.6. The number of methoxy groups -OCH3 is 1. The molecule has 0 saturated carbocycles. The summed E-state index contributed by atoms with van der Waals surface area (Å²) in [6.45, 7) is 1.70. The van der Waals surface area contributed by atoms with Gasteiger partial charge in [-0.2, -0.15) is 4.31 Å². The van der Waals surface area contributed by atoms with E-state index in [9.17, 15) is 13.2 Å². The van der Waals surface area contributed by atoms with E-state index in [0.717, 1.165) is 0 Å². The van der Waals surface area contributed by atoms with Crippen molar-refractivity contribution in [2.75, 3.05) is 14.2 Å². The molecule has 0 N–H and O–H groups in total. The van der Waals surface area contributed by atoms with Gasteiger partial charge in [0.2, 0.25) is 10.0 Å². The quantitative estimate of drug-likeness (QED) is 0.405. The number of hydrogen-bond donors (Lipinski definition) is 0. The van der Waals surface area contributed by atoms with Gasteiger partial charge in [0.15, 0.2) is 0 Å². The van der Waals surface area contributed by atoms with E-state index >= 15 is 0 Å². The molecule has 9 heteroatoms. The largest absolute Gasteiger partial charge is 0.497 e. The van der Waals surface area contributed by atoms with E-state index in [4.69, 9.17) is 21.3 Å². The molecule has 0 aliphatic carbocycles. The van der Waals surface area contributed by atoms with Crippen LogP contribution in [0.15, 0.2) is 82.5 Å². The third kappa shape index (κ3) is 4.25. The average Bonchev–Trinajstić information content (AvgIpc) is 2.84. The van der Waals surface area contributed by atoms with Crippen LogP contribution in [0.2, 0.25) is 5.02 Å². The van der Waals surface area contributed by atoms with Crippen molar-refractivity contribution in [1.82, 2.24) is 13.9 Å². The molecule has 1 aromatic heterocycles. The summed E-state index contributed by atoms with van der Waals surface area (Å²) in [7, 11) is -0.803. The molecule has 0 radical (unpaired) electrons. The number of rotatable bonds is 6. The highest BCUT2D eigenvalue weighted by atomic mass is 35.5. The number of hydrogen-bond acceptors (Lipinski definition) is 5. The van der Waals surface area contributed by atoms with E-state index in [2.05, 4.69) is 0 Å². The smallest absolute Gasteiger partial charge is 0.266 e. The van der Waals surface area contributed by atoms with E-state index in [0.29, 0.717) is 27.4 Å². The molecule has 0 saturated heterocycles. The summed E-state index contributed by atoms with van der Waals surface area (Å²) in [5.41, 5.74) is 0.615. The Bertz CT molecular complexity index is 1470. The van der Waals surface area contributed by atoms with E-state index in [-0.39, 0.29) is 16.3 Å². The molecule has 4 aromatic rings. The zero-order valence-electron chi connectivity index (χ0n) is 18.3. The van der Waals surface area contributed by atoms with Crippen molar-refractivity contribution in [3.63, 3.8) is 0 Å². The first-order valence-electron chi connectivity index (χ1n) is 10.1. The zero-order chi connectivity index (χ0) is 23.8. The summed E-state index contributed by atoms with van der Waals surface area (Å²) in [5.74, 6) is 0.906. The average molecular weight is 484 g/mol. The standard InChI is InChI=1S/C24H22ClN3O4S/c1-16(27(2)33(30,31)20-7-5-4-6-8-20)23-26-22-14-9-17(25)15-21(22)24(29)28(23)18-10-12-19(32-3)13-11-18/h4-16H,1-3H3. The molecule has 1 unspecified atom stereocenters. The topological polar surface area (TPSA) is 81.5 Å². The van der Waals surface area contributed by atoms with Crippen molar-refractivity contribution < 1.29 is 13.2 Å². The number of sulfonamides is 1. The van der Waals surface area contributed by atoms with Crippen LogP contribution >= 0.6 is 11.6 Å². The fraction of sp³-hybridized carbons (Fsp3) is 0.167. The van der Waals surface area contributed by atoms with E-state index in [1.54, 1.807) is 74.7 Å². The molecule has 1 atom stereocenters. The summed E-state index contributed by atoms with van der Waals surface area (Å²) < 4.78 is 34.3. The minimum atomic E-state index is -3.83. The monoisotopic (exact) mass is 483 g/mol. The van der Waals surface area contributed by atoms with Gasteiger partial charge in [0, 0.05) is 12.1 Å². The van der Waals surface area contributed by atoms with Gasteiger partial charge < -0.3 is 4.74 Å². The molecule has 7 nitrogen and oxygen atoms in total. The Balaban J connectivity index is 1.93. The van der Waals surface area contributed by atoms with Crippen molar-refractivity contribution in [2.24, 2.45) is 0 Å². The highest BCUT2D eigenvalue weighted by molar-refractivity contribution is 7.89. The second kappa shape index (κ2) is 8.97. The molecule has 0 aliphatic heterocycles. The molecule has 0 fully saturated rings. The van der Waals surface area contributed by atoms with E-state index in [1.807, 2.05) is 0 Å². The molecule has 0 spiro atoms. The number of halogens is 1. The normalized spacial score (nSPS) is 12.8. The molecule has 3 aromatic carbocycles. The lowest BCUT2D eigenvalue weighted by molar-refractivity contribution is 0.379. The summed E-state index contributed by atoms with van der Waals surface area (Å²) in [6.07, 6.45) is 0. The molecule has 170 valence electrons. The van der Waals surface area contributed by atoms with Gasteiger partial charge in [-0.05, 0) is 61.5 Å². The molecular formula is C24H22ClN3O4S. The van der Waals surface area contributed by atoms with Crippen molar-refractivity contribution in [3.05, 3.63) is 94.0 Å². The Morgan fingerprint density at radius 2 is 1.70 bits per heavy atom. The maximum Gasteiger partial charge on any atom is 0.266 e. The molecule has 4 rings (SSSR count). The Kier molecular flexibility index (Phi) is 6.25. The van der Waals surface area contributed by atoms with Crippen LogP contribution in [0.4, 0.5) is 0 Å². The first-order valence-corrected chi connectivity index (χ1v) is 12.0. The van der Waals surface area contributed by atoms with Crippen molar-refractivity contribution in [2.45, 2.75) is 17.9 Å². The molecular weight excluding hydrogens is 462 g/mol. The third-order valence-electron chi connectivity index (χ3n) is 5.53. The summed E-state index contributed by atoms with van der Waals surface area (Å²) >= 11 is 6.13. The number of benzene rings is 3. The maximum atomic E-state index is 13.6. The summed E-state index contributed by atoms with van der Waals surface area (Å²) in [4.78, 5) is 18.4. The molecule has 0 bridgehead atoms. The van der Waals surface area contributed by atoms with Crippen LogP contribution < -0.4 is 10.3 Å². The highest BCUT2D eigenvalue weighted by Crippen LogP contribution is 2.28. The molecule has 33 heavy (non-hydrogen) atoms. The van der Waals surface area contributed by atoms with Crippen LogP contribution in [-0.4, -0.2) is 36.4 Å². The summed E-state index contributed by atoms with van der Waals surface area (Å²) in [5, 5.41) is 0.745. The Labute approximate surface area is 196 Å². The van der Waals surface area contributed by atoms with Crippen LogP contribution in [0, 0.1) is 0 Å². The SMILES string of the molecule is COc1ccc(-n2c(C(C)N(C)S(=O)(=O)c3ccccc3)nc3ccc(Cl)cc3c2=O)cc1. The number of nitrogens with zero attached hydrogens (tertiary/aromatic N) is 3. The summed E-state index contributed by atoms with van der Waals surface area (Å²) in [6, 6.07) is 19.1. The fourth-order valence-corrected chi connectivity index (χ4v) is 5.08. The van der Waals surface area contributed by atoms with Crippen LogP contribution in [0.5, 0.6) is 5.75 Å². The lowest BCUT2D eigenvalue weighted by Gasteiger charge is -2.26. The van der Waals surface area contributed by atoms with Crippen LogP contribution in [0.1, 0.15) is 18.8 Å². The molecule has 1 heterocycles. The van der Waals surface area contributed by atoms with Gasteiger partial charge in [-0.1, -0.05) is 29.8 Å². The van der Waals surface area contributed by atoms with Crippen molar-refractivity contribution in [1.29, 1.82) is 0 Å². The zero-order valence-corrected chi connectivity index (χ0v) is 19.8. The number of fused-ring (bicyclic) bond motifs is 1. The van der Waals surface area contributed by atoms with E-state index in [1.165, 1.54) is 28.1 Å². The van der Waals surface area contributed by atoms with Gasteiger partial charge in [0.25, 0.3) is 5.56 Å². The first-order chi connectivity index (χ1) is 15.7. The van der Waals surface area contributed by atoms with Crippen LogP contribution in [0.3, 0.4) is 0 Å². The van der Waals surface area contributed by atoms with Crippen molar-refractivity contribution >= 4 is 32.5 Å². The second-order valence-electron chi connectivity index (χ2n) is 7.48. The lowest BCUT2D eigenvalue weighted by atomic mass is 10.2. The number of ether oxygens (including phenoxy) is 1. The second-order valence-corrected chi connectivity index (χ2v) is 9.91. The number of aromatic nitrogens is 2. The minimum Gasteiger partial charge on any atom is -0.497 e. The third-order valence-corrected chi connectivity index (χ3v) is 7.70. The molecule has 0 amide bonds. The van der Waals surface area contributed by atoms with Gasteiger partial charge in [-0.15, -0.1) is 0 Å². The van der Waals surface area contributed by atoms with Gasteiger partial charge in [-0.3, -0.25) is 9.36 Å². The predicted molar refractivity (Wildman–Crippen MR) is 129 cm³/mol. The van der Waals surface area contributed by atoms with Crippen LogP contribution in [-0.2, 0) is 10.0 Å².